The van der Waals surface area contributed by atoms with Crippen molar-refractivity contribution in [3.05, 3.63) is 11.6 Å². The van der Waals surface area contributed by atoms with Crippen LogP contribution in [0, 0.1) is 0 Å². The van der Waals surface area contributed by atoms with Gasteiger partial charge in [0.15, 0.2) is 8.32 Å². The first-order valence-electron chi connectivity index (χ1n) is 11.9. The fourth-order valence-corrected chi connectivity index (χ4v) is 5.42. The summed E-state index contributed by atoms with van der Waals surface area (Å²) in [5.74, 6) is 0. The lowest BCUT2D eigenvalue weighted by atomic mass is 9.88. The summed E-state index contributed by atoms with van der Waals surface area (Å²) >= 11 is 0. The van der Waals surface area contributed by atoms with E-state index in [1.54, 1.807) is 7.11 Å². The van der Waals surface area contributed by atoms with Crippen LogP contribution in [0.3, 0.4) is 0 Å². The minimum atomic E-state index is -1.98. The van der Waals surface area contributed by atoms with Crippen LogP contribution in [0.25, 0.3) is 0 Å². The summed E-state index contributed by atoms with van der Waals surface area (Å²) in [5, 5.41) is 9.62. The standard InChI is InChI=1S/C25H50O5Si/c1-20(2)13-11-16-24(6,28-19-27-8)21-15-17-25(7,29-21)22(14-12-18-26)30-31(9,10)23(3,4)5/h13,21-22,26H,11-12,14-19H2,1-10H3/t21-,22+,24+,25-/m1/s1. The Morgan fingerprint density at radius 3 is 2.42 bits per heavy atom. The Kier molecular flexibility index (Phi) is 10.9. The van der Waals surface area contributed by atoms with E-state index in [2.05, 4.69) is 67.6 Å². The zero-order chi connectivity index (χ0) is 23.9. The molecule has 0 spiro atoms. The average Bonchev–Trinajstić information content (AvgIpc) is 3.06. The van der Waals surface area contributed by atoms with Crippen LogP contribution < -0.4 is 0 Å². The monoisotopic (exact) mass is 458 g/mol. The second-order valence-corrected chi connectivity index (χ2v) is 16.1. The lowest BCUT2D eigenvalue weighted by molar-refractivity contribution is -0.204. The van der Waals surface area contributed by atoms with E-state index < -0.39 is 13.9 Å². The fraction of sp³-hybridized carbons (Fsp3) is 0.920. The molecule has 1 N–H and O–H groups in total. The van der Waals surface area contributed by atoms with Crippen LogP contribution in [0.4, 0.5) is 0 Å². The highest BCUT2D eigenvalue weighted by Gasteiger charge is 2.51. The van der Waals surface area contributed by atoms with Gasteiger partial charge < -0.3 is 23.7 Å². The zero-order valence-electron chi connectivity index (χ0n) is 22.0. The van der Waals surface area contributed by atoms with Crippen LogP contribution in [0.5, 0.6) is 0 Å². The molecule has 31 heavy (non-hydrogen) atoms. The molecule has 184 valence electrons. The predicted molar refractivity (Wildman–Crippen MR) is 131 cm³/mol. The number of allylic oxidation sites excluding steroid dienone is 2. The number of rotatable bonds is 13. The Balaban J connectivity index is 3.06. The van der Waals surface area contributed by atoms with Gasteiger partial charge in [0.2, 0.25) is 0 Å². The molecular formula is C25H50O5Si. The minimum absolute atomic E-state index is 0.0159. The summed E-state index contributed by atoms with van der Waals surface area (Å²) in [6.45, 7) is 20.4. The molecule has 0 aromatic heterocycles. The molecule has 1 saturated heterocycles. The number of methoxy groups -OCH3 is 1. The van der Waals surface area contributed by atoms with Gasteiger partial charge in [0.1, 0.15) is 6.79 Å². The number of aliphatic hydroxyl groups excluding tert-OH is 1. The average molecular weight is 459 g/mol. The van der Waals surface area contributed by atoms with E-state index in [4.69, 9.17) is 18.6 Å². The van der Waals surface area contributed by atoms with Crippen molar-refractivity contribution in [2.75, 3.05) is 20.5 Å². The van der Waals surface area contributed by atoms with Crippen molar-refractivity contribution in [2.45, 2.75) is 129 Å². The van der Waals surface area contributed by atoms with Crippen molar-refractivity contribution in [1.82, 2.24) is 0 Å². The Labute approximate surface area is 193 Å². The van der Waals surface area contributed by atoms with Gasteiger partial charge in [-0.1, -0.05) is 32.4 Å². The summed E-state index contributed by atoms with van der Waals surface area (Å²) in [4.78, 5) is 0. The van der Waals surface area contributed by atoms with E-state index in [0.717, 1.165) is 38.5 Å². The van der Waals surface area contributed by atoms with E-state index in [-0.39, 0.29) is 36.2 Å². The van der Waals surface area contributed by atoms with Crippen molar-refractivity contribution >= 4 is 8.32 Å². The van der Waals surface area contributed by atoms with Crippen molar-refractivity contribution in [1.29, 1.82) is 0 Å². The van der Waals surface area contributed by atoms with E-state index in [1.165, 1.54) is 5.57 Å². The molecule has 1 fully saturated rings. The minimum Gasteiger partial charge on any atom is -0.411 e. The molecule has 0 amide bonds. The third kappa shape index (κ3) is 8.24. The lowest BCUT2D eigenvalue weighted by Crippen LogP contribution is -2.52. The third-order valence-electron chi connectivity index (χ3n) is 7.24. The first kappa shape index (κ1) is 28.8. The number of aliphatic hydroxyl groups is 1. The van der Waals surface area contributed by atoms with Gasteiger partial charge in [-0.05, 0) is 84.4 Å². The lowest BCUT2D eigenvalue weighted by Gasteiger charge is -2.45. The van der Waals surface area contributed by atoms with Gasteiger partial charge in [-0.3, -0.25) is 0 Å². The van der Waals surface area contributed by atoms with Gasteiger partial charge in [0.25, 0.3) is 0 Å². The molecule has 0 saturated carbocycles. The molecule has 4 atom stereocenters. The summed E-state index contributed by atoms with van der Waals surface area (Å²) in [5.41, 5.74) is 0.514. The maximum absolute atomic E-state index is 9.50. The smallest absolute Gasteiger partial charge is 0.192 e. The van der Waals surface area contributed by atoms with E-state index in [1.807, 2.05) is 0 Å². The molecule has 0 unspecified atom stereocenters. The molecule has 1 aliphatic heterocycles. The zero-order valence-corrected chi connectivity index (χ0v) is 23.0. The van der Waals surface area contributed by atoms with Crippen molar-refractivity contribution in [3.8, 4) is 0 Å². The normalized spacial score (nSPS) is 25.3. The summed E-state index contributed by atoms with van der Waals surface area (Å²) in [6, 6.07) is 0. The van der Waals surface area contributed by atoms with E-state index in [0.29, 0.717) is 0 Å². The molecule has 1 aliphatic rings. The largest absolute Gasteiger partial charge is 0.411 e. The summed E-state index contributed by atoms with van der Waals surface area (Å²) < 4.78 is 25.1. The first-order valence-corrected chi connectivity index (χ1v) is 14.8. The Morgan fingerprint density at radius 1 is 1.26 bits per heavy atom. The molecule has 1 rings (SSSR count). The molecule has 0 aliphatic carbocycles. The van der Waals surface area contributed by atoms with Crippen molar-refractivity contribution in [2.24, 2.45) is 0 Å². The maximum atomic E-state index is 9.50. The number of hydrogen-bond acceptors (Lipinski definition) is 5. The molecule has 5 nitrogen and oxygen atoms in total. The molecule has 1 heterocycles. The SMILES string of the molecule is COCO[C@@](C)(CCC=C(C)C)[C@H]1CC[C@](C)([C@H](CCCO)O[Si](C)(C)C(C)(C)C)O1. The van der Waals surface area contributed by atoms with Crippen LogP contribution in [0.2, 0.25) is 18.1 Å². The van der Waals surface area contributed by atoms with Crippen molar-refractivity contribution in [3.63, 3.8) is 0 Å². The van der Waals surface area contributed by atoms with Gasteiger partial charge in [-0.15, -0.1) is 0 Å². The maximum Gasteiger partial charge on any atom is 0.192 e. The second kappa shape index (κ2) is 11.8. The molecule has 6 heteroatoms. The van der Waals surface area contributed by atoms with Gasteiger partial charge in [0.05, 0.1) is 23.4 Å². The molecule has 0 bridgehead atoms. The third-order valence-corrected chi connectivity index (χ3v) is 11.7. The highest BCUT2D eigenvalue weighted by atomic mass is 28.4. The Hall–Kier alpha value is -0.243. The quantitative estimate of drug-likeness (QED) is 0.202. The fourth-order valence-electron chi connectivity index (χ4n) is 3.99. The van der Waals surface area contributed by atoms with Crippen LogP contribution in [-0.2, 0) is 18.6 Å². The second-order valence-electron chi connectivity index (χ2n) is 11.4. The van der Waals surface area contributed by atoms with Crippen LogP contribution in [0.1, 0.15) is 87.0 Å². The number of hydrogen-bond donors (Lipinski definition) is 1. The van der Waals surface area contributed by atoms with Crippen LogP contribution in [0.15, 0.2) is 11.6 Å². The molecule has 0 aromatic rings. The first-order chi connectivity index (χ1) is 14.2. The summed E-state index contributed by atoms with van der Waals surface area (Å²) in [6.07, 6.45) is 7.43. The number of ether oxygens (including phenoxy) is 3. The van der Waals surface area contributed by atoms with Gasteiger partial charge in [-0.2, -0.15) is 0 Å². The van der Waals surface area contributed by atoms with Crippen molar-refractivity contribution < 1.29 is 23.7 Å². The van der Waals surface area contributed by atoms with Crippen LogP contribution in [-0.4, -0.2) is 57.3 Å². The van der Waals surface area contributed by atoms with E-state index >= 15 is 0 Å². The highest BCUT2D eigenvalue weighted by Crippen LogP contribution is 2.45. The van der Waals surface area contributed by atoms with E-state index in [9.17, 15) is 5.11 Å². The van der Waals surface area contributed by atoms with Gasteiger partial charge in [0, 0.05) is 13.7 Å². The molecular weight excluding hydrogens is 408 g/mol. The summed E-state index contributed by atoms with van der Waals surface area (Å²) in [7, 11) is -0.315. The topological polar surface area (TPSA) is 57.2 Å². The van der Waals surface area contributed by atoms with Gasteiger partial charge >= 0.3 is 0 Å². The predicted octanol–water partition coefficient (Wildman–Crippen LogP) is 6.21. The Bertz CT molecular complexity index is 567. The highest BCUT2D eigenvalue weighted by molar-refractivity contribution is 6.74. The Morgan fingerprint density at radius 2 is 1.90 bits per heavy atom. The molecule has 0 aromatic carbocycles. The van der Waals surface area contributed by atoms with Crippen LogP contribution >= 0.6 is 0 Å². The molecule has 0 radical (unpaired) electrons. The van der Waals surface area contributed by atoms with Gasteiger partial charge in [-0.25, -0.2) is 0 Å².